The Morgan fingerprint density at radius 3 is 2.44 bits per heavy atom. The summed E-state index contributed by atoms with van der Waals surface area (Å²) in [7, 11) is -1.87. The SMILES string of the molecule is CCN(CC)C(=O)c1ccc(S(=O)(=O)N2CCC[C@H]2c2nncn2C)cc1. The Morgan fingerprint density at radius 2 is 1.89 bits per heavy atom. The Balaban J connectivity index is 1.87. The van der Waals surface area contributed by atoms with Gasteiger partial charge >= 0.3 is 0 Å². The molecule has 0 N–H and O–H groups in total. The van der Waals surface area contributed by atoms with Crippen molar-refractivity contribution >= 4 is 15.9 Å². The number of aryl methyl sites for hydroxylation is 1. The molecule has 1 aliphatic heterocycles. The number of aromatic nitrogens is 3. The maximum atomic E-state index is 13.2. The predicted octanol–water partition coefficient (Wildman–Crippen LogP) is 1.82. The first-order chi connectivity index (χ1) is 12.9. The molecule has 8 nitrogen and oxygen atoms in total. The number of carbonyl (C=O) groups is 1. The fourth-order valence-electron chi connectivity index (χ4n) is 3.48. The van der Waals surface area contributed by atoms with Crippen molar-refractivity contribution in [3.63, 3.8) is 0 Å². The van der Waals surface area contributed by atoms with Crippen LogP contribution in [0.15, 0.2) is 35.5 Å². The molecule has 3 rings (SSSR count). The molecule has 1 aromatic heterocycles. The third kappa shape index (κ3) is 3.61. The van der Waals surface area contributed by atoms with Crippen molar-refractivity contribution in [1.29, 1.82) is 0 Å². The molecule has 0 saturated carbocycles. The van der Waals surface area contributed by atoms with Crippen molar-refractivity contribution < 1.29 is 13.2 Å². The molecule has 2 aromatic rings. The summed E-state index contributed by atoms with van der Waals surface area (Å²) < 4.78 is 29.5. The monoisotopic (exact) mass is 391 g/mol. The molecule has 27 heavy (non-hydrogen) atoms. The summed E-state index contributed by atoms with van der Waals surface area (Å²) in [6, 6.07) is 5.87. The number of nitrogens with zero attached hydrogens (tertiary/aromatic N) is 5. The molecule has 1 aliphatic rings. The van der Waals surface area contributed by atoms with Crippen LogP contribution in [0.2, 0.25) is 0 Å². The molecule has 146 valence electrons. The third-order valence-electron chi connectivity index (χ3n) is 5.01. The van der Waals surface area contributed by atoms with Crippen LogP contribution >= 0.6 is 0 Å². The number of carbonyl (C=O) groups excluding carboxylic acids is 1. The van der Waals surface area contributed by atoms with Crippen molar-refractivity contribution in [2.75, 3.05) is 19.6 Å². The van der Waals surface area contributed by atoms with E-state index in [4.69, 9.17) is 0 Å². The summed E-state index contributed by atoms with van der Waals surface area (Å²) in [6.45, 7) is 5.51. The van der Waals surface area contributed by atoms with E-state index in [0.29, 0.717) is 37.4 Å². The maximum absolute atomic E-state index is 13.2. The van der Waals surface area contributed by atoms with Gasteiger partial charge in [0.25, 0.3) is 5.91 Å². The van der Waals surface area contributed by atoms with Gasteiger partial charge in [-0.15, -0.1) is 10.2 Å². The Kier molecular flexibility index (Phi) is 5.61. The highest BCUT2D eigenvalue weighted by Crippen LogP contribution is 2.35. The van der Waals surface area contributed by atoms with Crippen LogP contribution in [-0.4, -0.2) is 57.9 Å². The number of hydrogen-bond donors (Lipinski definition) is 0. The predicted molar refractivity (Wildman–Crippen MR) is 101 cm³/mol. The zero-order valence-electron chi connectivity index (χ0n) is 15.9. The Morgan fingerprint density at radius 1 is 1.22 bits per heavy atom. The molecule has 0 aliphatic carbocycles. The second kappa shape index (κ2) is 7.77. The largest absolute Gasteiger partial charge is 0.339 e. The summed E-state index contributed by atoms with van der Waals surface area (Å²) in [5, 5.41) is 7.96. The molecule has 1 amide bonds. The fourth-order valence-corrected chi connectivity index (χ4v) is 5.13. The summed E-state index contributed by atoms with van der Waals surface area (Å²) in [5.74, 6) is 0.548. The molecule has 0 spiro atoms. The molecule has 1 atom stereocenters. The lowest BCUT2D eigenvalue weighted by Crippen LogP contribution is -2.32. The van der Waals surface area contributed by atoms with Gasteiger partial charge in [-0.2, -0.15) is 4.31 Å². The van der Waals surface area contributed by atoms with Gasteiger partial charge in [-0.1, -0.05) is 0 Å². The van der Waals surface area contributed by atoms with E-state index in [2.05, 4.69) is 10.2 Å². The van der Waals surface area contributed by atoms with E-state index in [9.17, 15) is 13.2 Å². The van der Waals surface area contributed by atoms with Gasteiger partial charge in [0, 0.05) is 32.2 Å². The van der Waals surface area contributed by atoms with Crippen LogP contribution in [0, 0.1) is 0 Å². The zero-order valence-corrected chi connectivity index (χ0v) is 16.7. The second-order valence-corrected chi connectivity index (χ2v) is 8.47. The third-order valence-corrected chi connectivity index (χ3v) is 6.93. The minimum Gasteiger partial charge on any atom is -0.339 e. The van der Waals surface area contributed by atoms with Crippen LogP contribution in [0.5, 0.6) is 0 Å². The van der Waals surface area contributed by atoms with Crippen molar-refractivity contribution in [3.05, 3.63) is 42.0 Å². The summed E-state index contributed by atoms with van der Waals surface area (Å²) in [6.07, 6.45) is 3.06. The van der Waals surface area contributed by atoms with E-state index in [1.54, 1.807) is 27.9 Å². The number of hydrogen-bond acceptors (Lipinski definition) is 5. The minimum absolute atomic E-state index is 0.0953. The summed E-state index contributed by atoms with van der Waals surface area (Å²) >= 11 is 0. The highest BCUT2D eigenvalue weighted by molar-refractivity contribution is 7.89. The van der Waals surface area contributed by atoms with Crippen LogP contribution in [0.1, 0.15) is 48.9 Å². The molecule has 1 aromatic carbocycles. The maximum Gasteiger partial charge on any atom is 0.253 e. The van der Waals surface area contributed by atoms with E-state index < -0.39 is 10.0 Å². The van der Waals surface area contributed by atoms with Crippen LogP contribution in [0.4, 0.5) is 0 Å². The van der Waals surface area contributed by atoms with Crippen LogP contribution in [-0.2, 0) is 17.1 Å². The smallest absolute Gasteiger partial charge is 0.253 e. The average Bonchev–Trinajstić information content (AvgIpc) is 3.31. The van der Waals surface area contributed by atoms with Crippen LogP contribution in [0.25, 0.3) is 0 Å². The van der Waals surface area contributed by atoms with Crippen molar-refractivity contribution in [1.82, 2.24) is 24.0 Å². The van der Waals surface area contributed by atoms with Crippen LogP contribution in [0.3, 0.4) is 0 Å². The van der Waals surface area contributed by atoms with E-state index >= 15 is 0 Å². The van der Waals surface area contributed by atoms with Crippen molar-refractivity contribution in [3.8, 4) is 0 Å². The highest BCUT2D eigenvalue weighted by atomic mass is 32.2. The zero-order chi connectivity index (χ0) is 19.6. The van der Waals surface area contributed by atoms with Gasteiger partial charge in [-0.25, -0.2) is 8.42 Å². The van der Waals surface area contributed by atoms with E-state index in [0.717, 1.165) is 6.42 Å². The van der Waals surface area contributed by atoms with Crippen LogP contribution < -0.4 is 0 Å². The quantitative estimate of drug-likeness (QED) is 0.749. The van der Waals surface area contributed by atoms with Gasteiger partial charge in [0.15, 0.2) is 5.82 Å². The van der Waals surface area contributed by atoms with Gasteiger partial charge in [-0.3, -0.25) is 4.79 Å². The lowest BCUT2D eigenvalue weighted by molar-refractivity contribution is 0.0773. The number of sulfonamides is 1. The lowest BCUT2D eigenvalue weighted by Gasteiger charge is -2.23. The average molecular weight is 391 g/mol. The summed E-state index contributed by atoms with van der Waals surface area (Å²) in [4.78, 5) is 14.3. The standard InChI is InChI=1S/C18H25N5O3S/c1-4-22(5-2)18(24)14-8-10-15(11-9-14)27(25,26)23-12-6-7-16(23)17-20-19-13-21(17)3/h8-11,13,16H,4-7,12H2,1-3H3/t16-/m0/s1. The minimum atomic E-state index is -3.68. The van der Waals surface area contributed by atoms with Crippen molar-refractivity contribution in [2.24, 2.45) is 7.05 Å². The van der Waals surface area contributed by atoms with Gasteiger partial charge in [-0.05, 0) is 51.0 Å². The fraction of sp³-hybridized carbons (Fsp3) is 0.500. The van der Waals surface area contributed by atoms with Gasteiger partial charge in [0.2, 0.25) is 10.0 Å². The lowest BCUT2D eigenvalue weighted by atomic mass is 10.2. The molecule has 0 radical (unpaired) electrons. The van der Waals surface area contributed by atoms with Gasteiger partial charge in [0.05, 0.1) is 10.9 Å². The Labute approximate surface area is 159 Å². The second-order valence-electron chi connectivity index (χ2n) is 6.58. The molecule has 1 fully saturated rings. The summed E-state index contributed by atoms with van der Waals surface area (Å²) in [5.41, 5.74) is 0.490. The number of amides is 1. The molecule has 0 bridgehead atoms. The van der Waals surface area contributed by atoms with Gasteiger partial charge < -0.3 is 9.47 Å². The molecule has 2 heterocycles. The topological polar surface area (TPSA) is 88.4 Å². The molecule has 1 saturated heterocycles. The van der Waals surface area contributed by atoms with E-state index in [-0.39, 0.29) is 16.8 Å². The Bertz CT molecular complexity index is 903. The highest BCUT2D eigenvalue weighted by Gasteiger charge is 2.38. The van der Waals surface area contributed by atoms with Crippen molar-refractivity contribution in [2.45, 2.75) is 37.6 Å². The molecule has 9 heteroatoms. The molecular weight excluding hydrogens is 366 g/mol. The van der Waals surface area contributed by atoms with E-state index in [1.807, 2.05) is 20.9 Å². The normalized spacial score (nSPS) is 18.0. The first-order valence-corrected chi connectivity index (χ1v) is 10.6. The first kappa shape index (κ1) is 19.5. The molecular formula is C18H25N5O3S. The molecule has 0 unspecified atom stereocenters. The number of rotatable bonds is 6. The number of benzene rings is 1. The Hall–Kier alpha value is -2.26. The van der Waals surface area contributed by atoms with E-state index in [1.165, 1.54) is 16.4 Å². The van der Waals surface area contributed by atoms with Gasteiger partial charge in [0.1, 0.15) is 6.33 Å². The first-order valence-electron chi connectivity index (χ1n) is 9.15.